The van der Waals surface area contributed by atoms with Crippen LogP contribution >= 0.6 is 0 Å². The van der Waals surface area contributed by atoms with Crippen molar-refractivity contribution in [1.29, 1.82) is 5.26 Å². The number of carbonyl (C=O) groups is 3. The van der Waals surface area contributed by atoms with E-state index < -0.39 is 23.3 Å². The fraction of sp³-hybridized carbons (Fsp3) is 0.474. The van der Waals surface area contributed by atoms with Crippen LogP contribution in [0.1, 0.15) is 37.7 Å². The van der Waals surface area contributed by atoms with Crippen molar-refractivity contribution in [3.8, 4) is 6.07 Å². The summed E-state index contributed by atoms with van der Waals surface area (Å²) in [4.78, 5) is 38.7. The van der Waals surface area contributed by atoms with E-state index in [1.165, 1.54) is 4.90 Å². The van der Waals surface area contributed by atoms with Crippen LogP contribution in [0, 0.1) is 11.3 Å². The monoisotopic (exact) mass is 353 g/mol. The summed E-state index contributed by atoms with van der Waals surface area (Å²) in [6.45, 7) is 0.00662. The lowest BCUT2D eigenvalue weighted by Gasteiger charge is -2.22. The van der Waals surface area contributed by atoms with Crippen molar-refractivity contribution in [2.45, 2.75) is 49.7 Å². The second-order valence-corrected chi connectivity index (χ2v) is 7.18. The summed E-state index contributed by atoms with van der Waals surface area (Å²) in [6, 6.07) is 8.48. The Hall–Kier alpha value is -2.88. The van der Waals surface area contributed by atoms with Crippen molar-refractivity contribution in [3.05, 3.63) is 29.8 Å². The van der Waals surface area contributed by atoms with Crippen molar-refractivity contribution < 1.29 is 19.1 Å². The van der Waals surface area contributed by atoms with E-state index in [9.17, 15) is 19.6 Å². The zero-order chi connectivity index (χ0) is 18.3. The number of amides is 2. The Bertz CT molecular complexity index is 824. The molecule has 1 saturated carbocycles. The maximum Gasteiger partial charge on any atom is 0.397 e. The first kappa shape index (κ1) is 16.6. The Labute approximate surface area is 150 Å². The van der Waals surface area contributed by atoms with Crippen molar-refractivity contribution in [2.24, 2.45) is 0 Å². The molecular weight excluding hydrogens is 334 g/mol. The topological polar surface area (TPSA) is 99.5 Å². The van der Waals surface area contributed by atoms with Crippen LogP contribution in [0.25, 0.3) is 0 Å². The van der Waals surface area contributed by atoms with Crippen molar-refractivity contribution in [2.75, 3.05) is 11.9 Å². The van der Waals surface area contributed by atoms with Crippen LogP contribution in [0.5, 0.6) is 0 Å². The minimum Gasteiger partial charge on any atom is -0.455 e. The highest BCUT2D eigenvalue weighted by atomic mass is 16.5. The summed E-state index contributed by atoms with van der Waals surface area (Å²) >= 11 is 0. The van der Waals surface area contributed by atoms with Crippen LogP contribution in [0.2, 0.25) is 0 Å². The quantitative estimate of drug-likeness (QED) is 0.609. The number of para-hydroxylation sites is 1. The van der Waals surface area contributed by atoms with E-state index in [4.69, 9.17) is 4.74 Å². The first-order valence-electron chi connectivity index (χ1n) is 8.87. The molecule has 1 saturated heterocycles. The second-order valence-electron chi connectivity index (χ2n) is 7.18. The van der Waals surface area contributed by atoms with Crippen LogP contribution in [0.15, 0.2) is 24.3 Å². The van der Waals surface area contributed by atoms with E-state index in [1.807, 2.05) is 18.2 Å². The molecule has 134 valence electrons. The zero-order valence-corrected chi connectivity index (χ0v) is 14.2. The number of nitrogens with one attached hydrogen (secondary N) is 1. The average Bonchev–Trinajstić information content (AvgIpc) is 3.34. The van der Waals surface area contributed by atoms with Crippen LogP contribution in [-0.2, 0) is 24.5 Å². The van der Waals surface area contributed by atoms with E-state index in [1.54, 1.807) is 6.07 Å². The van der Waals surface area contributed by atoms with E-state index in [0.717, 1.165) is 31.2 Å². The largest absolute Gasteiger partial charge is 0.455 e. The number of hydrogen-bond donors (Lipinski definition) is 1. The van der Waals surface area contributed by atoms with E-state index >= 15 is 0 Å². The minimum atomic E-state index is -0.986. The second kappa shape index (κ2) is 6.13. The van der Waals surface area contributed by atoms with E-state index in [2.05, 4.69) is 11.4 Å². The molecule has 2 atom stereocenters. The molecular formula is C19H19N3O4. The van der Waals surface area contributed by atoms with Crippen LogP contribution in [0.4, 0.5) is 5.69 Å². The Morgan fingerprint density at radius 2 is 2.00 bits per heavy atom. The molecule has 1 spiro atoms. The number of fused-ring (bicyclic) bond motifs is 2. The standard InChI is InChI=1S/C19H19N3O4/c20-10-12-9-19(14-7-3-4-8-15(14)21-18(19)25)11-22(12)16(23)17(24)26-13-5-1-2-6-13/h3-4,7-8,12-13H,1-2,5-6,9,11H2,(H,21,25)/t12-,19-/m0/s1. The minimum absolute atomic E-state index is 0.00662. The third-order valence-electron chi connectivity index (χ3n) is 5.64. The number of carbonyl (C=O) groups excluding carboxylic acids is 3. The Morgan fingerprint density at radius 3 is 2.73 bits per heavy atom. The van der Waals surface area contributed by atoms with Crippen LogP contribution in [-0.4, -0.2) is 41.4 Å². The van der Waals surface area contributed by atoms with Crippen molar-refractivity contribution in [1.82, 2.24) is 4.90 Å². The highest BCUT2D eigenvalue weighted by Crippen LogP contribution is 2.46. The molecule has 7 heteroatoms. The van der Waals surface area contributed by atoms with Gasteiger partial charge in [0.2, 0.25) is 5.91 Å². The van der Waals surface area contributed by atoms with Gasteiger partial charge in [-0.2, -0.15) is 5.26 Å². The first-order chi connectivity index (χ1) is 12.5. The number of nitriles is 1. The van der Waals surface area contributed by atoms with Gasteiger partial charge in [0.05, 0.1) is 11.5 Å². The maximum absolute atomic E-state index is 12.7. The highest BCUT2D eigenvalue weighted by Gasteiger charge is 2.56. The number of anilines is 1. The predicted octanol–water partition coefficient (Wildman–Crippen LogP) is 1.49. The van der Waals surface area contributed by atoms with Gasteiger partial charge in [0.25, 0.3) is 0 Å². The van der Waals surface area contributed by atoms with Crippen molar-refractivity contribution >= 4 is 23.5 Å². The summed E-state index contributed by atoms with van der Waals surface area (Å²) in [5.74, 6) is -2.00. The van der Waals surface area contributed by atoms with Gasteiger partial charge < -0.3 is 15.0 Å². The summed E-state index contributed by atoms with van der Waals surface area (Å²) < 4.78 is 5.29. The lowest BCUT2D eigenvalue weighted by atomic mass is 9.80. The molecule has 1 aliphatic carbocycles. The molecule has 0 radical (unpaired) electrons. The van der Waals surface area contributed by atoms with Gasteiger partial charge in [0, 0.05) is 18.7 Å². The van der Waals surface area contributed by atoms with Gasteiger partial charge in [0.15, 0.2) is 0 Å². The first-order valence-corrected chi connectivity index (χ1v) is 8.87. The summed E-state index contributed by atoms with van der Waals surface area (Å²) in [5, 5.41) is 12.3. The lowest BCUT2D eigenvalue weighted by molar-refractivity contribution is -0.163. The molecule has 0 aromatic heterocycles. The number of esters is 1. The van der Waals surface area contributed by atoms with Gasteiger partial charge in [0.1, 0.15) is 12.1 Å². The number of nitrogens with zero attached hydrogens (tertiary/aromatic N) is 2. The lowest BCUT2D eigenvalue weighted by Crippen LogP contribution is -2.44. The maximum atomic E-state index is 12.7. The molecule has 2 amide bonds. The van der Waals surface area contributed by atoms with Gasteiger partial charge >= 0.3 is 11.9 Å². The summed E-state index contributed by atoms with van der Waals surface area (Å²) in [7, 11) is 0. The average molecular weight is 353 g/mol. The van der Waals surface area contributed by atoms with Crippen molar-refractivity contribution in [3.63, 3.8) is 0 Å². The van der Waals surface area contributed by atoms with Gasteiger partial charge in [-0.1, -0.05) is 18.2 Å². The van der Waals surface area contributed by atoms with E-state index in [-0.39, 0.29) is 25.0 Å². The molecule has 2 heterocycles. The molecule has 1 aromatic rings. The molecule has 0 bridgehead atoms. The highest BCUT2D eigenvalue weighted by molar-refractivity contribution is 6.32. The molecule has 7 nitrogen and oxygen atoms in total. The molecule has 26 heavy (non-hydrogen) atoms. The molecule has 1 N–H and O–H groups in total. The zero-order valence-electron chi connectivity index (χ0n) is 14.2. The Kier molecular flexibility index (Phi) is 3.91. The molecule has 2 aliphatic heterocycles. The predicted molar refractivity (Wildman–Crippen MR) is 90.8 cm³/mol. The summed E-state index contributed by atoms with van der Waals surface area (Å²) in [5.41, 5.74) is 0.474. The third-order valence-corrected chi connectivity index (χ3v) is 5.64. The van der Waals surface area contributed by atoms with Gasteiger partial charge in [-0.25, -0.2) is 4.79 Å². The van der Waals surface area contributed by atoms with Gasteiger partial charge in [-0.3, -0.25) is 9.59 Å². The van der Waals surface area contributed by atoms with Gasteiger partial charge in [-0.05, 0) is 37.3 Å². The van der Waals surface area contributed by atoms with Gasteiger partial charge in [-0.15, -0.1) is 0 Å². The Balaban J connectivity index is 1.58. The van der Waals surface area contributed by atoms with Crippen LogP contribution < -0.4 is 5.32 Å². The molecule has 1 aromatic carbocycles. The molecule has 2 fully saturated rings. The fourth-order valence-electron chi connectivity index (χ4n) is 4.29. The van der Waals surface area contributed by atoms with Crippen LogP contribution in [0.3, 0.4) is 0 Å². The smallest absolute Gasteiger partial charge is 0.397 e. The van der Waals surface area contributed by atoms with E-state index in [0.29, 0.717) is 5.69 Å². The normalized spacial score (nSPS) is 27.3. The molecule has 0 unspecified atom stereocenters. The fourth-order valence-corrected chi connectivity index (χ4v) is 4.29. The number of ether oxygens (including phenoxy) is 1. The third kappa shape index (κ3) is 2.45. The SMILES string of the molecule is N#C[C@@H]1C[C@@]2(CN1C(=O)C(=O)OC1CCCC1)C(=O)Nc1ccccc12. The number of rotatable bonds is 1. The number of hydrogen-bond acceptors (Lipinski definition) is 5. The summed E-state index contributed by atoms with van der Waals surface area (Å²) in [6.07, 6.45) is 3.45. The molecule has 3 aliphatic rings. The number of benzene rings is 1. The number of likely N-dealkylation sites (tertiary alicyclic amines) is 1. The molecule has 4 rings (SSSR count). The Morgan fingerprint density at radius 1 is 1.27 bits per heavy atom.